The number of hydrogen-bond acceptors (Lipinski definition) is 7. The molecule has 10 heteroatoms. The molecule has 35 heavy (non-hydrogen) atoms. The second-order valence-electron chi connectivity index (χ2n) is 7.85. The van der Waals surface area contributed by atoms with Crippen LogP contribution in [0.2, 0.25) is 0 Å². The van der Waals surface area contributed by atoms with Crippen molar-refractivity contribution in [2.45, 2.75) is 20.4 Å². The molecule has 0 aliphatic carbocycles. The zero-order valence-electron chi connectivity index (χ0n) is 19.2. The molecule has 0 N–H and O–H groups in total. The summed E-state index contributed by atoms with van der Waals surface area (Å²) in [5.74, 6) is -0.917. The Hall–Kier alpha value is -4.18. The Morgan fingerprint density at radius 1 is 1.11 bits per heavy atom. The lowest BCUT2D eigenvalue weighted by molar-refractivity contribution is -0.385. The molecule has 2 aromatic carbocycles. The lowest BCUT2D eigenvalue weighted by atomic mass is 10.1. The van der Waals surface area contributed by atoms with Crippen LogP contribution in [-0.4, -0.2) is 38.6 Å². The number of thioether (sulfide) groups is 1. The highest BCUT2D eigenvalue weighted by Crippen LogP contribution is 2.35. The summed E-state index contributed by atoms with van der Waals surface area (Å²) in [5.41, 5.74) is 3.92. The van der Waals surface area contributed by atoms with E-state index in [2.05, 4.69) is 0 Å². The van der Waals surface area contributed by atoms with E-state index >= 15 is 0 Å². The van der Waals surface area contributed by atoms with Crippen LogP contribution in [0.4, 0.5) is 10.5 Å². The zero-order chi connectivity index (χ0) is 25.3. The summed E-state index contributed by atoms with van der Waals surface area (Å²) in [7, 11) is 1.32. The molecule has 3 aromatic rings. The van der Waals surface area contributed by atoms with Gasteiger partial charge in [-0.15, -0.1) is 0 Å². The van der Waals surface area contributed by atoms with Crippen LogP contribution in [-0.2, 0) is 16.1 Å². The molecule has 0 unspecified atom stereocenters. The summed E-state index contributed by atoms with van der Waals surface area (Å²) in [6.07, 6.45) is 1.66. The van der Waals surface area contributed by atoms with E-state index in [4.69, 9.17) is 4.74 Å². The van der Waals surface area contributed by atoms with Crippen molar-refractivity contribution < 1.29 is 24.0 Å². The van der Waals surface area contributed by atoms with E-state index in [0.717, 1.165) is 39.3 Å². The normalized spacial score (nSPS) is 14.6. The number of para-hydroxylation sites is 1. The smallest absolute Gasteiger partial charge is 0.337 e. The third-order valence-electron chi connectivity index (χ3n) is 5.69. The monoisotopic (exact) mass is 491 g/mol. The molecular weight excluding hydrogens is 470 g/mol. The second-order valence-corrected chi connectivity index (χ2v) is 8.85. The first-order valence-corrected chi connectivity index (χ1v) is 11.4. The molecular formula is C25H21N3O6S. The van der Waals surface area contributed by atoms with Gasteiger partial charge in [0.05, 0.1) is 29.0 Å². The number of nitro groups is 1. The van der Waals surface area contributed by atoms with Gasteiger partial charge in [0, 0.05) is 28.7 Å². The van der Waals surface area contributed by atoms with Crippen LogP contribution < -0.4 is 0 Å². The molecule has 2 heterocycles. The van der Waals surface area contributed by atoms with Gasteiger partial charge in [0.1, 0.15) is 0 Å². The van der Waals surface area contributed by atoms with Gasteiger partial charge in [-0.1, -0.05) is 18.2 Å². The molecule has 1 aliphatic rings. The van der Waals surface area contributed by atoms with E-state index < -0.39 is 22.0 Å². The Bertz CT molecular complexity index is 1390. The summed E-state index contributed by atoms with van der Waals surface area (Å²) in [6, 6.07) is 14.9. The number of rotatable bonds is 6. The lowest BCUT2D eigenvalue weighted by Gasteiger charge is -2.12. The highest BCUT2D eigenvalue weighted by molar-refractivity contribution is 8.18. The van der Waals surface area contributed by atoms with Gasteiger partial charge < -0.3 is 9.30 Å². The van der Waals surface area contributed by atoms with Gasteiger partial charge in [0.2, 0.25) is 0 Å². The number of nitro benzene ring substituents is 1. The molecule has 9 nitrogen and oxygen atoms in total. The molecule has 2 amide bonds. The minimum absolute atomic E-state index is 0.141. The molecule has 1 fully saturated rings. The Balaban J connectivity index is 1.61. The van der Waals surface area contributed by atoms with E-state index in [9.17, 15) is 24.5 Å². The van der Waals surface area contributed by atoms with E-state index in [1.807, 2.05) is 24.5 Å². The third-order valence-corrected chi connectivity index (χ3v) is 6.60. The molecule has 0 spiro atoms. The maximum Gasteiger partial charge on any atom is 0.337 e. The van der Waals surface area contributed by atoms with E-state index in [1.165, 1.54) is 25.3 Å². The highest BCUT2D eigenvalue weighted by Gasteiger charge is 2.36. The summed E-state index contributed by atoms with van der Waals surface area (Å²) in [4.78, 5) is 49.3. The maximum atomic E-state index is 13.0. The molecule has 178 valence electrons. The molecule has 4 rings (SSSR count). The third kappa shape index (κ3) is 4.60. The van der Waals surface area contributed by atoms with Crippen molar-refractivity contribution >= 4 is 40.6 Å². The van der Waals surface area contributed by atoms with Crippen molar-refractivity contribution in [1.82, 2.24) is 9.47 Å². The van der Waals surface area contributed by atoms with Crippen molar-refractivity contribution in [1.29, 1.82) is 0 Å². The van der Waals surface area contributed by atoms with Crippen LogP contribution in [0.15, 0.2) is 59.5 Å². The van der Waals surface area contributed by atoms with Crippen molar-refractivity contribution in [2.24, 2.45) is 0 Å². The molecule has 0 saturated carbocycles. The largest absolute Gasteiger partial charge is 0.465 e. The Morgan fingerprint density at radius 3 is 2.46 bits per heavy atom. The summed E-state index contributed by atoms with van der Waals surface area (Å²) >= 11 is 0.805. The van der Waals surface area contributed by atoms with Crippen molar-refractivity contribution in [3.8, 4) is 5.69 Å². The van der Waals surface area contributed by atoms with Gasteiger partial charge in [-0.2, -0.15) is 0 Å². The Labute approximate surface area is 205 Å². The quantitative estimate of drug-likeness (QED) is 0.206. The van der Waals surface area contributed by atoms with Gasteiger partial charge in [-0.25, -0.2) is 4.79 Å². The fourth-order valence-corrected chi connectivity index (χ4v) is 4.80. The summed E-state index contributed by atoms with van der Waals surface area (Å²) < 4.78 is 6.71. The Kier molecular flexibility index (Phi) is 6.57. The van der Waals surface area contributed by atoms with Crippen molar-refractivity contribution in [3.63, 3.8) is 0 Å². The van der Waals surface area contributed by atoms with Crippen molar-refractivity contribution in [3.05, 3.63) is 97.7 Å². The van der Waals surface area contributed by atoms with E-state index in [0.29, 0.717) is 5.56 Å². The van der Waals surface area contributed by atoms with E-state index in [-0.39, 0.29) is 22.7 Å². The van der Waals surface area contributed by atoms with Gasteiger partial charge in [0.15, 0.2) is 0 Å². The minimum Gasteiger partial charge on any atom is -0.465 e. The fourth-order valence-electron chi connectivity index (χ4n) is 3.97. The summed E-state index contributed by atoms with van der Waals surface area (Å²) in [5, 5.41) is 10.8. The summed E-state index contributed by atoms with van der Waals surface area (Å²) in [6.45, 7) is 3.63. The van der Waals surface area contributed by atoms with Crippen LogP contribution in [0.3, 0.4) is 0 Å². The number of carbonyl (C=O) groups is 3. The first kappa shape index (κ1) is 24.0. The zero-order valence-corrected chi connectivity index (χ0v) is 20.0. The maximum absolute atomic E-state index is 13.0. The molecule has 0 bridgehead atoms. The number of imide groups is 1. The molecule has 1 aliphatic heterocycles. The van der Waals surface area contributed by atoms with Crippen LogP contribution in [0.1, 0.15) is 32.9 Å². The minimum atomic E-state index is -0.531. The number of ether oxygens (including phenoxy) is 1. The van der Waals surface area contributed by atoms with E-state index in [1.54, 1.807) is 36.4 Å². The van der Waals surface area contributed by atoms with Gasteiger partial charge in [0.25, 0.3) is 16.8 Å². The van der Waals surface area contributed by atoms with Crippen LogP contribution in [0.5, 0.6) is 0 Å². The van der Waals surface area contributed by atoms with Gasteiger partial charge >= 0.3 is 5.97 Å². The van der Waals surface area contributed by atoms with Crippen LogP contribution >= 0.6 is 11.8 Å². The number of hydrogen-bond donors (Lipinski definition) is 0. The molecule has 0 atom stereocenters. The first-order valence-electron chi connectivity index (χ1n) is 10.6. The predicted octanol–water partition coefficient (Wildman–Crippen LogP) is 5.03. The van der Waals surface area contributed by atoms with Gasteiger partial charge in [-0.3, -0.25) is 24.6 Å². The van der Waals surface area contributed by atoms with Crippen molar-refractivity contribution in [2.75, 3.05) is 7.11 Å². The number of esters is 1. The number of benzene rings is 2. The highest BCUT2D eigenvalue weighted by atomic mass is 32.2. The molecule has 1 saturated heterocycles. The topological polar surface area (TPSA) is 112 Å². The number of methoxy groups -OCH3 is 1. The number of aryl methyl sites for hydroxylation is 1. The molecule has 1 aromatic heterocycles. The number of amides is 2. The predicted molar refractivity (Wildman–Crippen MR) is 131 cm³/mol. The Morgan fingerprint density at radius 2 is 1.80 bits per heavy atom. The SMILES string of the molecule is COC(=O)c1ccc(-n2c(C)cc(/C=C3\SC(=O)N(Cc4ccccc4[N+](=O)[O-])C3=O)c2C)cc1. The fraction of sp³-hybridized carbons (Fsp3) is 0.160. The standard InChI is InChI=1S/C25H21N3O6S/c1-15-12-19(16(2)27(15)20-10-8-17(9-11-20)24(30)34-3)13-22-23(29)26(25(31)35-22)14-18-6-4-5-7-21(18)28(32)33/h4-13H,14H2,1-3H3/b22-13-. The molecule has 0 radical (unpaired) electrons. The van der Waals surface area contributed by atoms with Crippen LogP contribution in [0, 0.1) is 24.0 Å². The first-order chi connectivity index (χ1) is 16.7. The number of aromatic nitrogens is 1. The number of carbonyl (C=O) groups excluding carboxylic acids is 3. The average Bonchev–Trinajstić information content (AvgIpc) is 3.27. The second kappa shape index (κ2) is 9.59. The number of nitrogens with zero attached hydrogens (tertiary/aromatic N) is 3. The van der Waals surface area contributed by atoms with Gasteiger partial charge in [-0.05, 0) is 67.6 Å². The van der Waals surface area contributed by atoms with Crippen LogP contribution in [0.25, 0.3) is 11.8 Å². The lowest BCUT2D eigenvalue weighted by Crippen LogP contribution is -2.27. The average molecular weight is 492 g/mol.